The number of nitrogens with two attached hydrogens (primary N) is 2. The molecule has 0 amide bonds. The normalized spacial score (nSPS) is 17.8. The predicted molar refractivity (Wildman–Crippen MR) is 234 cm³/mol. The Labute approximate surface area is 352 Å². The van der Waals surface area contributed by atoms with Gasteiger partial charge in [-0.3, -0.25) is 20.0 Å². The molecule has 2 spiro atoms. The molecule has 0 saturated heterocycles. The van der Waals surface area contributed by atoms with Gasteiger partial charge >= 0.3 is 0 Å². The van der Waals surface area contributed by atoms with Crippen LogP contribution in [0.25, 0.3) is 22.1 Å². The summed E-state index contributed by atoms with van der Waals surface area (Å²) in [4.78, 5) is 18.5. The molecule has 0 radical (unpaired) electrons. The Morgan fingerprint density at radius 2 is 1.07 bits per heavy atom. The summed E-state index contributed by atoms with van der Waals surface area (Å²) in [6, 6.07) is 16.4. The number of aromatic nitrogens is 6. The van der Waals surface area contributed by atoms with E-state index in [9.17, 15) is 16.8 Å². The first-order chi connectivity index (χ1) is 29.3. The second kappa shape index (κ2) is 15.4. The van der Waals surface area contributed by atoms with Gasteiger partial charge < -0.3 is 15.4 Å². The second-order valence-corrected chi connectivity index (χ2v) is 18.9. The first kappa shape index (κ1) is 40.3. The molecule has 2 saturated carbocycles. The van der Waals surface area contributed by atoms with E-state index in [0.717, 1.165) is 77.9 Å². The zero-order chi connectivity index (χ0) is 42.6. The molecule has 2 aromatic carbocycles. The number of methoxy groups -OCH3 is 1. The minimum absolute atomic E-state index is 0.0479. The molecule has 2 fully saturated rings. The van der Waals surface area contributed by atoms with E-state index >= 15 is 0 Å². The van der Waals surface area contributed by atoms with Crippen LogP contribution in [0.1, 0.15) is 71.1 Å². The molecule has 8 N–H and O–H groups in total. The first-order valence-corrected chi connectivity index (χ1v) is 23.1. The maximum atomic E-state index is 11.5. The van der Waals surface area contributed by atoms with Gasteiger partial charge in [0.1, 0.15) is 28.5 Å². The number of nitrogens with one attached hydrogen (secondary N) is 4. The minimum atomic E-state index is -3.74. The van der Waals surface area contributed by atoms with Gasteiger partial charge in [0.25, 0.3) is 0 Å². The lowest BCUT2D eigenvalue weighted by molar-refractivity contribution is 0.225. The summed E-state index contributed by atoms with van der Waals surface area (Å²) in [7, 11) is -5.81. The van der Waals surface area contributed by atoms with Crippen molar-refractivity contribution in [3.05, 3.63) is 73.1 Å². The molecule has 2 aliphatic carbocycles. The zero-order valence-electron chi connectivity index (χ0n) is 33.6. The van der Waals surface area contributed by atoms with E-state index in [1.54, 1.807) is 43.8 Å². The van der Waals surface area contributed by atoms with Crippen molar-refractivity contribution in [2.75, 3.05) is 28.6 Å². The molecule has 0 bridgehead atoms. The smallest absolute Gasteiger partial charge is 0.238 e. The van der Waals surface area contributed by atoms with Crippen LogP contribution in [-0.4, -0.2) is 64.6 Å². The first-order valence-electron chi connectivity index (χ1n) is 20.0. The molecule has 10 rings (SSSR count). The SMILES string of the molecule is CC1=NNc2cc3cnc(Nc4ccc(S(N)(=O)=O)cc4)nc3n2C12CCCCC2.COC1=NNc2cc3cnc(Nc4ccc(S(N)(=O)=O)cc4)nc3n2C12CCCCC2. The third-order valence-corrected chi connectivity index (χ3v) is 13.9. The molecule has 21 heteroatoms. The standard InChI is InChI=1S/C20H23N7O3S.C20H23N7O2S/c1-30-18-20(9-3-2-4-10-20)27-16(25-26-18)11-13-12-22-19(24-17(13)27)23-14-5-7-15(8-6-14)31(21,28)29;1-13-20(9-3-2-4-10-20)27-17(26-25-13)11-14-12-22-19(24-18(14)27)23-15-5-7-16(8-6-15)30(21,28)29/h5-8,11-12,25H,2-4,9-10H2,1H3,(H2,21,28,29)(H,22,23,24);5-8,11-12,26H,2-4,9-10H2,1H3,(H2,21,28,29)(H,22,23,24). The highest BCUT2D eigenvalue weighted by atomic mass is 32.2. The fourth-order valence-electron chi connectivity index (χ4n) is 9.09. The summed E-state index contributed by atoms with van der Waals surface area (Å²) in [6.07, 6.45) is 14.5. The predicted octanol–water partition coefficient (Wildman–Crippen LogP) is 6.15. The number of rotatable bonds is 6. The summed E-state index contributed by atoms with van der Waals surface area (Å²) in [5.74, 6) is 3.31. The summed E-state index contributed by atoms with van der Waals surface area (Å²) < 4.78 is 55.9. The molecule has 0 atom stereocenters. The van der Waals surface area contributed by atoms with Gasteiger partial charge in [-0.2, -0.15) is 15.1 Å². The lowest BCUT2D eigenvalue weighted by Gasteiger charge is -2.42. The van der Waals surface area contributed by atoms with E-state index in [4.69, 9.17) is 25.0 Å². The van der Waals surface area contributed by atoms with Crippen molar-refractivity contribution in [1.29, 1.82) is 0 Å². The number of hydrazone groups is 2. The Kier molecular flexibility index (Phi) is 10.2. The fraction of sp³-hybridized carbons (Fsp3) is 0.350. The van der Waals surface area contributed by atoms with Gasteiger partial charge in [-0.25, -0.2) is 37.1 Å². The number of primary sulfonamides is 2. The largest absolute Gasteiger partial charge is 0.481 e. The van der Waals surface area contributed by atoms with Crippen LogP contribution >= 0.6 is 0 Å². The average molecular weight is 867 g/mol. The Bertz CT molecular complexity index is 2930. The Morgan fingerprint density at radius 1 is 0.639 bits per heavy atom. The van der Waals surface area contributed by atoms with E-state index in [2.05, 4.69) is 57.7 Å². The van der Waals surface area contributed by atoms with Gasteiger partial charge in [-0.15, -0.1) is 5.10 Å². The molecule has 6 heterocycles. The summed E-state index contributed by atoms with van der Waals surface area (Å²) in [5.41, 5.74) is 9.78. The minimum Gasteiger partial charge on any atom is -0.481 e. The summed E-state index contributed by atoms with van der Waals surface area (Å²) in [5, 5.41) is 27.5. The highest BCUT2D eigenvalue weighted by Crippen LogP contribution is 2.45. The number of benzene rings is 2. The second-order valence-electron chi connectivity index (χ2n) is 15.8. The number of nitrogens with zero attached hydrogens (tertiary/aromatic N) is 8. The monoisotopic (exact) mass is 866 g/mol. The van der Waals surface area contributed by atoms with Crippen molar-refractivity contribution in [2.24, 2.45) is 20.5 Å². The van der Waals surface area contributed by atoms with Crippen LogP contribution < -0.4 is 31.8 Å². The molecule has 2 aliphatic heterocycles. The lowest BCUT2D eigenvalue weighted by Crippen LogP contribution is -2.47. The molecule has 0 unspecified atom stereocenters. The van der Waals surface area contributed by atoms with Crippen LogP contribution in [-0.2, 0) is 35.9 Å². The topological polar surface area (TPSA) is 264 Å². The van der Waals surface area contributed by atoms with Crippen molar-refractivity contribution in [2.45, 2.75) is 92.0 Å². The third kappa shape index (κ3) is 7.40. The Balaban J connectivity index is 0.000000156. The highest BCUT2D eigenvalue weighted by Gasteiger charge is 2.45. The van der Waals surface area contributed by atoms with Gasteiger partial charge in [-0.05, 0) is 93.3 Å². The lowest BCUT2D eigenvalue weighted by atomic mass is 9.78. The van der Waals surface area contributed by atoms with Gasteiger partial charge in [-0.1, -0.05) is 38.5 Å². The van der Waals surface area contributed by atoms with Crippen molar-refractivity contribution >= 4 is 88.6 Å². The van der Waals surface area contributed by atoms with E-state index in [1.807, 2.05) is 12.1 Å². The van der Waals surface area contributed by atoms with Crippen molar-refractivity contribution in [1.82, 2.24) is 29.1 Å². The number of hydrogen-bond donors (Lipinski definition) is 6. The van der Waals surface area contributed by atoms with Crippen molar-refractivity contribution in [3.63, 3.8) is 0 Å². The molecule has 4 aliphatic rings. The number of anilines is 6. The van der Waals surface area contributed by atoms with Crippen molar-refractivity contribution in [3.8, 4) is 0 Å². The molecule has 318 valence electrons. The maximum absolute atomic E-state index is 11.5. The van der Waals surface area contributed by atoms with E-state index in [1.165, 1.54) is 49.9 Å². The highest BCUT2D eigenvalue weighted by molar-refractivity contribution is 7.89. The molecule has 6 aromatic rings. The number of ether oxygens (including phenoxy) is 1. The quantitative estimate of drug-likeness (QED) is 0.110. The van der Waals surface area contributed by atoms with E-state index < -0.39 is 20.0 Å². The Morgan fingerprint density at radius 3 is 1.51 bits per heavy atom. The van der Waals surface area contributed by atoms with Crippen LogP contribution in [0, 0.1) is 0 Å². The molecule has 19 nitrogen and oxygen atoms in total. The van der Waals surface area contributed by atoms with Crippen LogP contribution in [0.3, 0.4) is 0 Å². The van der Waals surface area contributed by atoms with Gasteiger partial charge in [0, 0.05) is 34.5 Å². The maximum Gasteiger partial charge on any atom is 0.238 e. The third-order valence-electron chi connectivity index (χ3n) is 12.1. The summed E-state index contributed by atoms with van der Waals surface area (Å²) >= 11 is 0. The van der Waals surface area contributed by atoms with Crippen LogP contribution in [0.2, 0.25) is 0 Å². The molecule has 61 heavy (non-hydrogen) atoms. The van der Waals surface area contributed by atoms with Crippen LogP contribution in [0.15, 0.2) is 93.1 Å². The van der Waals surface area contributed by atoms with E-state index in [0.29, 0.717) is 29.2 Å². The van der Waals surface area contributed by atoms with Gasteiger partial charge in [0.15, 0.2) is 0 Å². The fourth-order valence-corrected chi connectivity index (χ4v) is 10.1. The van der Waals surface area contributed by atoms with Crippen LogP contribution in [0.5, 0.6) is 0 Å². The zero-order valence-corrected chi connectivity index (χ0v) is 35.2. The Hall–Kier alpha value is -6.16. The van der Waals surface area contributed by atoms with Crippen molar-refractivity contribution < 1.29 is 21.6 Å². The van der Waals surface area contributed by atoms with Gasteiger partial charge in [0.2, 0.25) is 37.8 Å². The summed E-state index contributed by atoms with van der Waals surface area (Å²) in [6.45, 7) is 2.08. The number of sulfonamides is 2. The van der Waals surface area contributed by atoms with E-state index in [-0.39, 0.29) is 20.9 Å². The molecular weight excluding hydrogens is 821 g/mol. The number of fused-ring (bicyclic) bond motifs is 8. The average Bonchev–Trinajstić information content (AvgIpc) is 3.82. The number of hydrogen-bond acceptors (Lipinski definition) is 15. The van der Waals surface area contributed by atoms with Gasteiger partial charge in [0.05, 0.1) is 28.2 Å². The molecular formula is C40H46N14O5S2. The molecule has 4 aromatic heterocycles. The van der Waals surface area contributed by atoms with Crippen LogP contribution in [0.4, 0.5) is 34.9 Å².